The Morgan fingerprint density at radius 1 is 0.587 bits per heavy atom. The van der Waals surface area contributed by atoms with Gasteiger partial charge in [-0.05, 0) is 70.8 Å². The molecule has 0 spiro atoms. The van der Waals surface area contributed by atoms with Gasteiger partial charge in [0.1, 0.15) is 0 Å². The normalized spacial score (nSPS) is 16.7. The van der Waals surface area contributed by atoms with Gasteiger partial charge in [-0.1, -0.05) is 115 Å². The van der Waals surface area contributed by atoms with Gasteiger partial charge in [-0.2, -0.15) is 5.26 Å². The minimum Gasteiger partial charge on any atom is -0.333 e. The summed E-state index contributed by atoms with van der Waals surface area (Å²) < 4.78 is 2.31. The molecule has 2 atom stereocenters. The maximum absolute atomic E-state index is 10.2. The van der Waals surface area contributed by atoms with Gasteiger partial charge < -0.3 is 9.47 Å². The van der Waals surface area contributed by atoms with Gasteiger partial charge in [0.15, 0.2) is 0 Å². The molecule has 2 heterocycles. The number of benzene rings is 6. The highest BCUT2D eigenvalue weighted by molar-refractivity contribution is 6.09. The van der Waals surface area contributed by atoms with Crippen LogP contribution in [0.3, 0.4) is 0 Å². The fourth-order valence-corrected chi connectivity index (χ4v) is 7.51. The van der Waals surface area contributed by atoms with Crippen molar-refractivity contribution in [2.75, 3.05) is 4.90 Å². The maximum Gasteiger partial charge on any atom is 0.0998 e. The Morgan fingerprint density at radius 2 is 1.28 bits per heavy atom. The molecule has 1 aliphatic carbocycles. The number of para-hydroxylation sites is 3. The van der Waals surface area contributed by atoms with Gasteiger partial charge in [0.2, 0.25) is 0 Å². The molecular formula is C43H29N3. The van der Waals surface area contributed by atoms with Crippen molar-refractivity contribution in [3.63, 3.8) is 0 Å². The number of nitriles is 1. The first-order valence-corrected chi connectivity index (χ1v) is 15.8. The molecule has 216 valence electrons. The third-order valence-electron chi connectivity index (χ3n) is 9.56. The summed E-state index contributed by atoms with van der Waals surface area (Å²) >= 11 is 0. The quantitative estimate of drug-likeness (QED) is 0.205. The molecule has 0 amide bonds. The number of aromatic nitrogens is 1. The monoisotopic (exact) mass is 587 g/mol. The number of allylic oxidation sites excluding steroid dienone is 2. The third kappa shape index (κ3) is 4.05. The van der Waals surface area contributed by atoms with Crippen LogP contribution >= 0.6 is 0 Å². The first kappa shape index (κ1) is 26.3. The van der Waals surface area contributed by atoms with Crippen LogP contribution in [0.15, 0.2) is 164 Å². The highest BCUT2D eigenvalue weighted by Gasteiger charge is 2.38. The minimum atomic E-state index is 0.166. The van der Waals surface area contributed by atoms with E-state index in [0.717, 1.165) is 33.5 Å². The molecule has 0 N–H and O–H groups in total. The molecule has 1 aliphatic heterocycles. The van der Waals surface area contributed by atoms with E-state index < -0.39 is 0 Å². The second kappa shape index (κ2) is 10.5. The van der Waals surface area contributed by atoms with Crippen molar-refractivity contribution < 1.29 is 0 Å². The van der Waals surface area contributed by atoms with Crippen molar-refractivity contribution in [2.45, 2.75) is 12.0 Å². The Kier molecular flexibility index (Phi) is 6.01. The van der Waals surface area contributed by atoms with E-state index in [0.29, 0.717) is 5.56 Å². The number of hydrogen-bond acceptors (Lipinski definition) is 2. The number of fused-ring (bicyclic) bond motifs is 6. The van der Waals surface area contributed by atoms with Crippen molar-refractivity contribution in [1.82, 2.24) is 4.57 Å². The Labute approximate surface area is 268 Å². The van der Waals surface area contributed by atoms with Crippen molar-refractivity contribution in [2.24, 2.45) is 0 Å². The van der Waals surface area contributed by atoms with Crippen LogP contribution in [0.25, 0.3) is 44.2 Å². The molecule has 0 saturated heterocycles. The Bertz CT molecular complexity index is 2350. The zero-order chi connectivity index (χ0) is 30.6. The summed E-state index contributed by atoms with van der Waals surface area (Å²) in [5, 5.41) is 12.7. The Balaban J connectivity index is 1.16. The lowest BCUT2D eigenvalue weighted by atomic mass is 9.86. The van der Waals surface area contributed by atoms with Gasteiger partial charge in [0.05, 0.1) is 28.7 Å². The smallest absolute Gasteiger partial charge is 0.0998 e. The number of hydrogen-bond donors (Lipinski definition) is 0. The molecule has 0 radical (unpaired) electrons. The zero-order valence-corrected chi connectivity index (χ0v) is 25.1. The van der Waals surface area contributed by atoms with Crippen LogP contribution in [0.1, 0.15) is 22.6 Å². The van der Waals surface area contributed by atoms with Crippen LogP contribution in [0.4, 0.5) is 11.4 Å². The summed E-state index contributed by atoms with van der Waals surface area (Å²) in [5.41, 5.74) is 12.1. The van der Waals surface area contributed by atoms with Crippen LogP contribution in [-0.2, 0) is 0 Å². The van der Waals surface area contributed by atoms with Gasteiger partial charge in [0.25, 0.3) is 0 Å². The van der Waals surface area contributed by atoms with Gasteiger partial charge in [-0.25, -0.2) is 0 Å². The van der Waals surface area contributed by atoms with E-state index in [9.17, 15) is 5.26 Å². The van der Waals surface area contributed by atoms with Crippen LogP contribution in [0, 0.1) is 11.3 Å². The zero-order valence-electron chi connectivity index (χ0n) is 25.1. The number of rotatable bonds is 4. The standard InChI is InChI=1S/C43H29N3/c44-28-32-21-23-34(46-40-18-7-4-15-35(40)36-16-5-8-19-41(36)46)27-38(32)31-13-10-14-33(25-31)45-42-20-9-6-17-37(42)39-26-30(22-24-43(39)45)29-11-2-1-3-12-29/h1-27,39,43H. The van der Waals surface area contributed by atoms with E-state index in [-0.39, 0.29) is 12.0 Å². The average molecular weight is 588 g/mol. The summed E-state index contributed by atoms with van der Waals surface area (Å²) in [5.74, 6) is 0.244. The molecule has 9 rings (SSSR count). The largest absolute Gasteiger partial charge is 0.333 e. The second-order valence-electron chi connectivity index (χ2n) is 12.1. The summed E-state index contributed by atoms with van der Waals surface area (Å²) in [6, 6.07) is 54.0. The molecule has 1 aromatic heterocycles. The lowest BCUT2D eigenvalue weighted by molar-refractivity contribution is 0.747. The minimum absolute atomic E-state index is 0.166. The first-order valence-electron chi connectivity index (χ1n) is 15.8. The molecule has 2 aliphatic rings. The van der Waals surface area contributed by atoms with E-state index in [1.165, 1.54) is 33.2 Å². The SMILES string of the molecule is N#Cc1ccc(-n2c3ccccc3c3ccccc32)cc1-c1cccc(N2c3ccccc3C3C=C(c4ccccc4)C=CC32)c1. The van der Waals surface area contributed by atoms with E-state index in [2.05, 4.69) is 173 Å². The molecule has 3 heteroatoms. The molecule has 46 heavy (non-hydrogen) atoms. The van der Waals surface area contributed by atoms with Gasteiger partial charge in [-0.3, -0.25) is 0 Å². The molecule has 0 fully saturated rings. The van der Waals surface area contributed by atoms with Crippen LogP contribution in [-0.4, -0.2) is 10.6 Å². The molecule has 2 unspecified atom stereocenters. The Morgan fingerprint density at radius 3 is 2.07 bits per heavy atom. The van der Waals surface area contributed by atoms with Crippen molar-refractivity contribution in [1.29, 1.82) is 5.26 Å². The predicted molar refractivity (Wildman–Crippen MR) is 190 cm³/mol. The average Bonchev–Trinajstić information content (AvgIpc) is 3.64. The highest BCUT2D eigenvalue weighted by Crippen LogP contribution is 2.49. The summed E-state index contributed by atoms with van der Waals surface area (Å²) in [7, 11) is 0. The van der Waals surface area contributed by atoms with Crippen molar-refractivity contribution in [3.05, 3.63) is 181 Å². The fourth-order valence-electron chi connectivity index (χ4n) is 7.51. The predicted octanol–water partition coefficient (Wildman–Crippen LogP) is 10.6. The number of anilines is 2. The molecule has 0 saturated carbocycles. The maximum atomic E-state index is 10.2. The van der Waals surface area contributed by atoms with Crippen molar-refractivity contribution in [3.8, 4) is 22.9 Å². The molecule has 3 nitrogen and oxygen atoms in total. The van der Waals surface area contributed by atoms with Crippen molar-refractivity contribution >= 4 is 38.8 Å². The topological polar surface area (TPSA) is 32.0 Å². The second-order valence-corrected chi connectivity index (χ2v) is 12.1. The fraction of sp³-hybridized carbons (Fsp3) is 0.0465. The van der Waals surface area contributed by atoms with Gasteiger partial charge >= 0.3 is 0 Å². The highest BCUT2D eigenvalue weighted by atomic mass is 15.2. The lowest BCUT2D eigenvalue weighted by Gasteiger charge is -2.30. The molecular weight excluding hydrogens is 558 g/mol. The lowest BCUT2D eigenvalue weighted by Crippen LogP contribution is -2.29. The Hall–Kier alpha value is -6.11. The summed E-state index contributed by atoms with van der Waals surface area (Å²) in [6.45, 7) is 0. The summed E-state index contributed by atoms with van der Waals surface area (Å²) in [6.07, 6.45) is 7.04. The number of nitrogens with zero attached hydrogens (tertiary/aromatic N) is 3. The molecule has 7 aromatic rings. The van der Waals surface area contributed by atoms with Crippen LogP contribution in [0.2, 0.25) is 0 Å². The molecule has 0 bridgehead atoms. The van der Waals surface area contributed by atoms with E-state index in [1.54, 1.807) is 0 Å². The van der Waals surface area contributed by atoms with E-state index >= 15 is 0 Å². The van der Waals surface area contributed by atoms with Gasteiger partial charge in [0, 0.05) is 39.3 Å². The van der Waals surface area contributed by atoms with E-state index in [4.69, 9.17) is 0 Å². The van der Waals surface area contributed by atoms with Gasteiger partial charge in [-0.15, -0.1) is 0 Å². The summed E-state index contributed by atoms with van der Waals surface area (Å²) in [4.78, 5) is 2.46. The van der Waals surface area contributed by atoms with Crippen LogP contribution in [0.5, 0.6) is 0 Å². The van der Waals surface area contributed by atoms with Crippen LogP contribution < -0.4 is 4.90 Å². The first-order chi connectivity index (χ1) is 22.8. The van der Waals surface area contributed by atoms with E-state index in [1.807, 2.05) is 6.07 Å². The third-order valence-corrected chi connectivity index (χ3v) is 9.56. The molecule has 6 aromatic carbocycles.